The van der Waals surface area contributed by atoms with Gasteiger partial charge in [-0.15, -0.1) is 0 Å². The van der Waals surface area contributed by atoms with E-state index in [0.717, 1.165) is 11.8 Å². The lowest BCUT2D eigenvalue weighted by Gasteiger charge is -2.31. The summed E-state index contributed by atoms with van der Waals surface area (Å²) in [6.45, 7) is 8.99. The lowest BCUT2D eigenvalue weighted by atomic mass is 9.87. The van der Waals surface area contributed by atoms with Gasteiger partial charge >= 0.3 is 5.97 Å². The van der Waals surface area contributed by atoms with Crippen LogP contribution in [0.25, 0.3) is 0 Å². The third kappa shape index (κ3) is 9.90. The van der Waals surface area contributed by atoms with Gasteiger partial charge in [0.1, 0.15) is 18.8 Å². The van der Waals surface area contributed by atoms with Crippen LogP contribution in [0.3, 0.4) is 0 Å². The van der Waals surface area contributed by atoms with Crippen molar-refractivity contribution >= 4 is 23.9 Å². The molecule has 196 valence electrons. The highest BCUT2D eigenvalue weighted by atomic mass is 16.5. The van der Waals surface area contributed by atoms with E-state index in [1.54, 1.807) is 20.8 Å². The summed E-state index contributed by atoms with van der Waals surface area (Å²) in [6.07, 6.45) is 0.996. The first-order valence-corrected chi connectivity index (χ1v) is 12.3. The van der Waals surface area contributed by atoms with Crippen molar-refractivity contribution in [1.82, 2.24) is 4.90 Å². The monoisotopic (exact) mass is 491 g/mol. The van der Waals surface area contributed by atoms with Crippen LogP contribution >= 0.6 is 0 Å². The van der Waals surface area contributed by atoms with E-state index < -0.39 is 48.1 Å². The molecule has 2 unspecified atom stereocenters. The number of benzene rings is 1. The van der Waals surface area contributed by atoms with Crippen LogP contribution < -0.4 is 11.5 Å². The number of esters is 1. The molecule has 0 radical (unpaired) electrons. The highest BCUT2D eigenvalue weighted by Crippen LogP contribution is 2.20. The quantitative estimate of drug-likeness (QED) is 0.206. The number of carbonyl (C=O) groups is 4. The molecule has 0 spiro atoms. The maximum atomic E-state index is 13.2. The SMILES string of the molecule is [3H]C(C)[C@H](C)[C@H](N)C(=O)C(CCCN(C(=O)[C@H](C)N)[C@H](C=O)CC(C)C)C(=O)OCc1ccccc1. The topological polar surface area (TPSA) is 133 Å². The van der Waals surface area contributed by atoms with Crippen LogP contribution in [0.1, 0.15) is 67.2 Å². The van der Waals surface area contributed by atoms with Gasteiger partial charge in [0.25, 0.3) is 0 Å². The molecule has 1 aromatic rings. The van der Waals surface area contributed by atoms with E-state index in [1.165, 1.54) is 4.90 Å². The molecule has 0 aliphatic rings. The predicted molar refractivity (Wildman–Crippen MR) is 136 cm³/mol. The first-order valence-electron chi connectivity index (χ1n) is 12.9. The number of nitrogens with zero attached hydrogens (tertiary/aromatic N) is 1. The number of Topliss-reactive ketones (excluding diaryl/α,β-unsaturated/α-hetero) is 1. The minimum atomic E-state index is -1.14. The zero-order chi connectivity index (χ0) is 27.4. The van der Waals surface area contributed by atoms with Crippen molar-refractivity contribution in [3.05, 3.63) is 35.9 Å². The van der Waals surface area contributed by atoms with Gasteiger partial charge in [0.15, 0.2) is 5.78 Å². The van der Waals surface area contributed by atoms with Crippen LogP contribution in [0, 0.1) is 17.8 Å². The molecular formula is C27H43N3O5. The maximum Gasteiger partial charge on any atom is 0.316 e. The van der Waals surface area contributed by atoms with Crippen molar-refractivity contribution in [1.29, 1.82) is 0 Å². The number of nitrogens with two attached hydrogens (primary N) is 2. The van der Waals surface area contributed by atoms with Gasteiger partial charge in [-0.25, -0.2) is 0 Å². The number of ketones is 1. The van der Waals surface area contributed by atoms with Gasteiger partial charge in [0.05, 0.1) is 18.1 Å². The number of ether oxygens (including phenoxy) is 1. The molecule has 0 saturated carbocycles. The second kappa shape index (κ2) is 15.4. The van der Waals surface area contributed by atoms with Gasteiger partial charge < -0.3 is 25.9 Å². The fourth-order valence-corrected chi connectivity index (χ4v) is 3.81. The minimum absolute atomic E-state index is 0.0139. The number of hydrogen-bond acceptors (Lipinski definition) is 7. The van der Waals surface area contributed by atoms with Gasteiger partial charge in [0.2, 0.25) is 5.91 Å². The average molecular weight is 492 g/mol. The lowest BCUT2D eigenvalue weighted by molar-refractivity contribution is -0.154. The van der Waals surface area contributed by atoms with Gasteiger partial charge in [-0.3, -0.25) is 14.4 Å². The summed E-state index contributed by atoms with van der Waals surface area (Å²) in [6, 6.07) is 6.68. The molecule has 1 aromatic carbocycles. The minimum Gasteiger partial charge on any atom is -0.460 e. The van der Waals surface area contributed by atoms with Crippen LogP contribution in [0.4, 0.5) is 0 Å². The first kappa shape index (κ1) is 28.7. The Morgan fingerprint density at radius 2 is 1.74 bits per heavy atom. The normalized spacial score (nSPS) is 16.9. The second-order valence-corrected chi connectivity index (χ2v) is 9.56. The predicted octanol–water partition coefficient (Wildman–Crippen LogP) is 2.86. The van der Waals surface area contributed by atoms with E-state index in [2.05, 4.69) is 0 Å². The van der Waals surface area contributed by atoms with Crippen LogP contribution in [-0.2, 0) is 30.5 Å². The molecule has 0 heterocycles. The summed E-state index contributed by atoms with van der Waals surface area (Å²) < 4.78 is 13.4. The molecule has 0 aliphatic heterocycles. The van der Waals surface area contributed by atoms with E-state index in [0.29, 0.717) is 6.42 Å². The molecule has 1 amide bonds. The van der Waals surface area contributed by atoms with E-state index in [1.807, 2.05) is 44.2 Å². The molecule has 0 aliphatic carbocycles. The number of rotatable bonds is 16. The van der Waals surface area contributed by atoms with Crippen molar-refractivity contribution < 1.29 is 25.3 Å². The summed E-state index contributed by atoms with van der Waals surface area (Å²) in [7, 11) is 0. The Labute approximate surface area is 211 Å². The Kier molecular flexibility index (Phi) is 12.6. The number of carbonyl (C=O) groups excluding carboxylic acids is 4. The van der Waals surface area contributed by atoms with Gasteiger partial charge in [0, 0.05) is 7.92 Å². The number of aldehydes is 1. The van der Waals surface area contributed by atoms with Crippen LogP contribution in [0.2, 0.25) is 0 Å². The number of amides is 1. The third-order valence-corrected chi connectivity index (χ3v) is 6.11. The summed E-state index contributed by atoms with van der Waals surface area (Å²) in [5.41, 5.74) is 12.7. The van der Waals surface area contributed by atoms with Crippen LogP contribution in [-0.4, -0.2) is 53.5 Å². The molecule has 4 N–H and O–H groups in total. The van der Waals surface area contributed by atoms with E-state index in [4.69, 9.17) is 17.6 Å². The Balaban J connectivity index is 3.04. The third-order valence-electron chi connectivity index (χ3n) is 6.11. The standard InChI is InChI=1S/C27H43N3O5/c1-6-19(4)24(29)25(32)23(27(34)35-17-21-11-8-7-9-12-21)13-10-14-30(26(33)20(5)28)22(16-31)15-18(2)3/h7-9,11-12,16,18-20,22-24H,6,10,13-15,17,28-29H2,1-5H3/t19-,20-,22-,23?,24-/m0/s1/i6T/t6?,19-,20-,22-,23?,24-. The van der Waals surface area contributed by atoms with Crippen molar-refractivity contribution in [2.75, 3.05) is 6.54 Å². The summed E-state index contributed by atoms with van der Waals surface area (Å²) in [5, 5.41) is 0. The Morgan fingerprint density at radius 3 is 2.26 bits per heavy atom. The number of hydrogen-bond donors (Lipinski definition) is 2. The average Bonchev–Trinajstić information content (AvgIpc) is 2.84. The van der Waals surface area contributed by atoms with Crippen LogP contribution in [0.5, 0.6) is 0 Å². The molecule has 6 atom stereocenters. The fourth-order valence-electron chi connectivity index (χ4n) is 3.81. The van der Waals surface area contributed by atoms with E-state index in [9.17, 15) is 19.2 Å². The fraction of sp³-hybridized carbons (Fsp3) is 0.630. The van der Waals surface area contributed by atoms with E-state index >= 15 is 0 Å². The van der Waals surface area contributed by atoms with Crippen LogP contribution in [0.15, 0.2) is 30.3 Å². The molecule has 8 heteroatoms. The first-order chi connectivity index (χ1) is 16.9. The van der Waals surface area contributed by atoms with Crippen molar-refractivity contribution in [3.8, 4) is 0 Å². The Morgan fingerprint density at radius 1 is 1.11 bits per heavy atom. The van der Waals surface area contributed by atoms with Crippen molar-refractivity contribution in [3.63, 3.8) is 0 Å². The zero-order valence-corrected chi connectivity index (χ0v) is 21.7. The van der Waals surface area contributed by atoms with Crippen molar-refractivity contribution in [2.24, 2.45) is 29.2 Å². The van der Waals surface area contributed by atoms with Gasteiger partial charge in [-0.2, -0.15) is 0 Å². The maximum absolute atomic E-state index is 13.2. The largest absolute Gasteiger partial charge is 0.460 e. The van der Waals surface area contributed by atoms with Gasteiger partial charge in [-0.1, -0.05) is 64.4 Å². The molecular weight excluding hydrogens is 446 g/mol. The summed E-state index contributed by atoms with van der Waals surface area (Å²) >= 11 is 0. The smallest absolute Gasteiger partial charge is 0.316 e. The second-order valence-electron chi connectivity index (χ2n) is 9.56. The summed E-state index contributed by atoms with van der Waals surface area (Å²) in [5.74, 6) is -2.96. The Hall–Kier alpha value is -2.58. The highest BCUT2D eigenvalue weighted by Gasteiger charge is 2.34. The van der Waals surface area contributed by atoms with Crippen molar-refractivity contribution in [2.45, 2.75) is 85.0 Å². The zero-order valence-electron chi connectivity index (χ0n) is 22.7. The molecule has 8 nitrogen and oxygen atoms in total. The molecule has 1 rings (SSSR count). The molecule has 35 heavy (non-hydrogen) atoms. The van der Waals surface area contributed by atoms with Gasteiger partial charge in [-0.05, 0) is 43.6 Å². The molecule has 0 saturated heterocycles. The summed E-state index contributed by atoms with van der Waals surface area (Å²) in [4.78, 5) is 52.2. The molecule has 0 bridgehead atoms. The molecule has 0 aromatic heterocycles. The molecule has 0 fully saturated rings. The van der Waals surface area contributed by atoms with E-state index in [-0.39, 0.29) is 37.8 Å². The Bertz CT molecular complexity index is 847. The highest BCUT2D eigenvalue weighted by molar-refractivity contribution is 6.01. The lowest BCUT2D eigenvalue weighted by Crippen LogP contribution is -2.49.